The Morgan fingerprint density at radius 3 is 2.32 bits per heavy atom. The number of rotatable bonds is 8. The van der Waals surface area contributed by atoms with E-state index in [1.54, 1.807) is 10.6 Å². The van der Waals surface area contributed by atoms with Crippen molar-refractivity contribution in [2.75, 3.05) is 5.75 Å². The van der Waals surface area contributed by atoms with E-state index in [1.165, 1.54) is 48.8 Å². The molecule has 0 bridgehead atoms. The average Bonchev–Trinajstić information content (AvgIpc) is 2.82. The number of pyridine rings is 1. The van der Waals surface area contributed by atoms with Crippen LogP contribution in [-0.2, 0) is 31.0 Å². The largest absolute Gasteiger partial charge is 1.00 e. The van der Waals surface area contributed by atoms with Gasteiger partial charge in [0.05, 0.1) is 17.2 Å². The van der Waals surface area contributed by atoms with Crippen molar-refractivity contribution in [3.63, 3.8) is 0 Å². The standard InChI is InChI=1S/C22H20N4O8S2.Na/c23-18(27)13-6-8-25(9-7-13)10-14-11-35-21-15(20(29)26(21)16(14)22(30)31)24-19(28)17(36(32,33)34)12-4-2-1-3-5-12;/h1-9,15,17,21H,10-11H2,(H4-,23,24,27,28,30,31,32,33,34);/q;+1/p-1/t15-,17?,21+;/m1./s1. The Balaban J connectivity index is 0.00000380. The van der Waals surface area contributed by atoms with Gasteiger partial charge in [-0.05, 0) is 5.56 Å². The van der Waals surface area contributed by atoms with E-state index in [0.717, 1.165) is 16.7 Å². The molecule has 1 fully saturated rings. The fraction of sp³-hybridized carbons (Fsp3) is 0.227. The quantitative estimate of drug-likeness (QED) is 0.139. The first-order valence-electron chi connectivity index (χ1n) is 10.5. The fourth-order valence-electron chi connectivity index (χ4n) is 4.05. The van der Waals surface area contributed by atoms with Gasteiger partial charge in [-0.15, -0.1) is 11.8 Å². The summed E-state index contributed by atoms with van der Waals surface area (Å²) < 4.78 is 37.0. The molecule has 2 aromatic rings. The number of primary amides is 1. The van der Waals surface area contributed by atoms with Crippen molar-refractivity contribution >= 4 is 45.6 Å². The summed E-state index contributed by atoms with van der Waals surface area (Å²) in [5, 5.41) is 11.3. The number of carbonyl (C=O) groups excluding carboxylic acids is 4. The van der Waals surface area contributed by atoms with Gasteiger partial charge in [0.25, 0.3) is 5.91 Å². The average molecular weight is 555 g/mol. The van der Waals surface area contributed by atoms with Crippen LogP contribution in [0, 0.1) is 0 Å². The van der Waals surface area contributed by atoms with Crippen molar-refractivity contribution in [2.24, 2.45) is 5.73 Å². The molecule has 15 heteroatoms. The Bertz CT molecular complexity index is 1380. The zero-order valence-electron chi connectivity index (χ0n) is 19.4. The van der Waals surface area contributed by atoms with Gasteiger partial charge in [0, 0.05) is 23.5 Å². The summed E-state index contributed by atoms with van der Waals surface area (Å²) in [7, 11) is -5.11. The number of carboxylic acids is 1. The Hall–Kier alpha value is -2.75. The summed E-state index contributed by atoms with van der Waals surface area (Å²) in [6.45, 7) is 0.0768. The second-order valence-electron chi connectivity index (χ2n) is 8.04. The Morgan fingerprint density at radius 1 is 1.16 bits per heavy atom. The third-order valence-corrected chi connectivity index (χ3v) is 8.12. The molecule has 1 unspecified atom stereocenters. The monoisotopic (exact) mass is 554 g/mol. The van der Waals surface area contributed by atoms with Crippen molar-refractivity contribution in [3.8, 4) is 0 Å². The van der Waals surface area contributed by atoms with Crippen LogP contribution >= 0.6 is 11.8 Å². The van der Waals surface area contributed by atoms with E-state index >= 15 is 0 Å². The summed E-state index contributed by atoms with van der Waals surface area (Å²) in [5.41, 5.74) is 5.44. The van der Waals surface area contributed by atoms with Crippen LogP contribution in [0.4, 0.5) is 0 Å². The first kappa shape index (κ1) is 28.8. The fourth-order valence-corrected chi connectivity index (χ4v) is 6.20. The van der Waals surface area contributed by atoms with Gasteiger partial charge in [0.1, 0.15) is 21.5 Å². The number of hydrogen-bond donors (Lipinski definition) is 2. The Labute approximate surface area is 237 Å². The summed E-state index contributed by atoms with van der Waals surface area (Å²) in [5.74, 6) is -4.00. The first-order chi connectivity index (χ1) is 17.0. The maximum Gasteiger partial charge on any atom is 1.00 e. The topological polar surface area (TPSA) is 194 Å². The molecule has 0 radical (unpaired) electrons. The van der Waals surface area contributed by atoms with Gasteiger partial charge in [-0.25, -0.2) is 13.0 Å². The zero-order valence-corrected chi connectivity index (χ0v) is 23.0. The number of amides is 3. The maximum atomic E-state index is 12.9. The van der Waals surface area contributed by atoms with E-state index < -0.39 is 50.5 Å². The molecule has 3 N–H and O–H groups in total. The third kappa shape index (κ3) is 5.89. The summed E-state index contributed by atoms with van der Waals surface area (Å²) in [6, 6.07) is 8.83. The van der Waals surface area contributed by atoms with Crippen molar-refractivity contribution in [3.05, 3.63) is 77.3 Å². The molecule has 12 nitrogen and oxygen atoms in total. The van der Waals surface area contributed by atoms with Crippen LogP contribution in [0.3, 0.4) is 0 Å². The van der Waals surface area contributed by atoms with Crippen LogP contribution in [0.2, 0.25) is 0 Å². The first-order valence-corrected chi connectivity index (χ1v) is 13.0. The number of nitrogens with zero attached hydrogens (tertiary/aromatic N) is 2. The molecule has 2 aliphatic rings. The van der Waals surface area contributed by atoms with Gasteiger partial charge in [0.2, 0.25) is 11.8 Å². The van der Waals surface area contributed by atoms with Crippen molar-refractivity contribution in [1.82, 2.24) is 10.2 Å². The third-order valence-electron chi connectivity index (χ3n) is 5.72. The van der Waals surface area contributed by atoms with Gasteiger partial charge in [0.15, 0.2) is 24.2 Å². The Kier molecular flexibility index (Phi) is 8.82. The molecule has 188 valence electrons. The second kappa shape index (κ2) is 11.3. The molecule has 3 atom stereocenters. The molecule has 0 spiro atoms. The number of carbonyl (C=O) groups is 4. The summed E-state index contributed by atoms with van der Waals surface area (Å²) in [6.07, 6.45) is 3.07. The van der Waals surface area contributed by atoms with Crippen LogP contribution < -0.4 is 50.3 Å². The number of benzene rings is 1. The minimum absolute atomic E-state index is 0. The molecule has 1 saturated heterocycles. The number of aliphatic carboxylic acids is 1. The number of nitrogens with one attached hydrogen (secondary N) is 1. The van der Waals surface area contributed by atoms with E-state index in [-0.39, 0.29) is 58.7 Å². The van der Waals surface area contributed by atoms with Crippen molar-refractivity contribution in [2.45, 2.75) is 23.2 Å². The van der Waals surface area contributed by atoms with E-state index in [9.17, 15) is 37.3 Å². The number of carboxylic acid groups (broad SMARTS) is 1. The number of hydrogen-bond acceptors (Lipinski definition) is 9. The normalized spacial score (nSPS) is 19.7. The smallest absolute Gasteiger partial charge is 0.747 e. The van der Waals surface area contributed by atoms with Gasteiger partial charge >= 0.3 is 29.6 Å². The molecule has 37 heavy (non-hydrogen) atoms. The number of fused-ring (bicyclic) bond motifs is 1. The molecule has 3 heterocycles. The van der Waals surface area contributed by atoms with E-state index in [4.69, 9.17) is 5.73 Å². The van der Waals surface area contributed by atoms with Gasteiger partial charge < -0.3 is 25.5 Å². The van der Waals surface area contributed by atoms with Crippen LogP contribution in [0.1, 0.15) is 21.2 Å². The molecule has 2 aliphatic heterocycles. The SMILES string of the molecule is NC(=O)c1cc[n+](CC2=C(C(=O)[O-])N3C(=O)[C@@H](NC(=O)C(c4ccccc4)S(=O)(=O)[O-])[C@@H]3SC2)cc1.[Na+]. The van der Waals surface area contributed by atoms with E-state index in [1.807, 2.05) is 0 Å². The molecule has 0 aliphatic carbocycles. The molecule has 4 rings (SSSR count). The van der Waals surface area contributed by atoms with Crippen molar-refractivity contribution in [1.29, 1.82) is 0 Å². The van der Waals surface area contributed by atoms with E-state index in [2.05, 4.69) is 5.32 Å². The predicted molar refractivity (Wildman–Crippen MR) is 121 cm³/mol. The minimum atomic E-state index is -5.11. The van der Waals surface area contributed by atoms with Crippen LogP contribution in [0.15, 0.2) is 66.1 Å². The molecular formula is C22H19N4NaO8S2. The van der Waals surface area contributed by atoms with Crippen LogP contribution in [0.25, 0.3) is 0 Å². The van der Waals surface area contributed by atoms with E-state index in [0.29, 0.717) is 5.57 Å². The predicted octanol–water partition coefficient (Wildman–Crippen LogP) is -5.23. The molecule has 1 aromatic heterocycles. The van der Waals surface area contributed by atoms with Gasteiger partial charge in [-0.3, -0.25) is 19.3 Å². The molecular weight excluding hydrogens is 535 g/mol. The zero-order chi connectivity index (χ0) is 26.2. The summed E-state index contributed by atoms with van der Waals surface area (Å²) in [4.78, 5) is 49.8. The molecule has 3 amide bonds. The second-order valence-corrected chi connectivity index (χ2v) is 10.6. The van der Waals surface area contributed by atoms with Gasteiger partial charge in [-0.2, -0.15) is 0 Å². The molecule has 1 aromatic carbocycles. The number of aromatic nitrogens is 1. The number of thioether (sulfide) groups is 1. The minimum Gasteiger partial charge on any atom is -0.747 e. The maximum absolute atomic E-state index is 12.9. The Morgan fingerprint density at radius 2 is 1.78 bits per heavy atom. The van der Waals surface area contributed by atoms with Crippen molar-refractivity contribution < 1.29 is 71.4 Å². The van der Waals surface area contributed by atoms with Crippen LogP contribution in [0.5, 0.6) is 0 Å². The van der Waals surface area contributed by atoms with Crippen LogP contribution in [-0.4, -0.2) is 58.7 Å². The number of nitrogens with two attached hydrogens (primary N) is 1. The van der Waals surface area contributed by atoms with Gasteiger partial charge in [-0.1, -0.05) is 30.3 Å². The number of β-lactam (4-membered cyclic amide) rings is 1. The summed E-state index contributed by atoms with van der Waals surface area (Å²) >= 11 is 1.16. The molecule has 0 saturated carbocycles.